The Kier molecular flexibility index (Phi) is 6.60. The number of benzene rings is 2. The molecule has 0 aliphatic rings. The Morgan fingerprint density at radius 2 is 1.83 bits per heavy atom. The molecule has 7 heteroatoms. The average molecular weight is 471 g/mol. The second kappa shape index (κ2) is 9.62. The number of nitrogen functional groups attached to an aromatic ring is 1. The summed E-state index contributed by atoms with van der Waals surface area (Å²) >= 11 is 0. The quantitative estimate of drug-likeness (QED) is 0.418. The van der Waals surface area contributed by atoms with Crippen molar-refractivity contribution in [3.05, 3.63) is 88.1 Å². The summed E-state index contributed by atoms with van der Waals surface area (Å²) in [6.45, 7) is 4.48. The number of rotatable bonds is 6. The number of methoxy groups -OCH3 is 1. The fourth-order valence-corrected chi connectivity index (χ4v) is 4.27. The van der Waals surface area contributed by atoms with E-state index >= 15 is 0 Å². The Morgan fingerprint density at radius 3 is 2.51 bits per heavy atom. The largest absolute Gasteiger partial charge is 0.494 e. The number of carbonyl (C=O) groups is 1. The van der Waals surface area contributed by atoms with Gasteiger partial charge in [0.25, 0.3) is 11.5 Å². The van der Waals surface area contributed by atoms with Gasteiger partial charge in [0, 0.05) is 31.2 Å². The fraction of sp³-hybridized carbons (Fsp3) is 0.250. The Balaban J connectivity index is 1.83. The third-order valence-corrected chi connectivity index (χ3v) is 6.06. The van der Waals surface area contributed by atoms with Crippen LogP contribution in [0.25, 0.3) is 21.9 Å². The number of nitrogens with two attached hydrogens (primary N) is 1. The van der Waals surface area contributed by atoms with Crippen molar-refractivity contribution in [2.45, 2.75) is 26.3 Å². The molecule has 0 saturated carbocycles. The van der Waals surface area contributed by atoms with Crippen molar-refractivity contribution in [1.29, 1.82) is 0 Å². The highest BCUT2D eigenvalue weighted by Crippen LogP contribution is 2.36. The summed E-state index contributed by atoms with van der Waals surface area (Å²) in [5.41, 5.74) is 10.4. The van der Waals surface area contributed by atoms with Gasteiger partial charge in [0.1, 0.15) is 11.4 Å². The van der Waals surface area contributed by atoms with Crippen LogP contribution in [0.5, 0.6) is 5.75 Å². The molecule has 0 aliphatic carbocycles. The van der Waals surface area contributed by atoms with Gasteiger partial charge in [0.05, 0.1) is 25.0 Å². The van der Waals surface area contributed by atoms with E-state index < -0.39 is 0 Å². The van der Waals surface area contributed by atoms with Crippen LogP contribution < -0.4 is 16.0 Å². The summed E-state index contributed by atoms with van der Waals surface area (Å²) in [5, 5.41) is 1.52. The van der Waals surface area contributed by atoms with Gasteiger partial charge in [-0.1, -0.05) is 38.1 Å². The molecule has 2 N–H and O–H groups in total. The van der Waals surface area contributed by atoms with Gasteiger partial charge >= 0.3 is 0 Å². The maximum Gasteiger partial charge on any atom is 0.271 e. The van der Waals surface area contributed by atoms with Crippen molar-refractivity contribution in [1.82, 2.24) is 14.5 Å². The van der Waals surface area contributed by atoms with Gasteiger partial charge in [-0.2, -0.15) is 0 Å². The highest BCUT2D eigenvalue weighted by molar-refractivity contribution is 5.92. The molecule has 0 spiro atoms. The number of aromatic nitrogens is 2. The highest BCUT2D eigenvalue weighted by Gasteiger charge is 2.16. The molecule has 0 unspecified atom stereocenters. The molecule has 7 nitrogen and oxygen atoms in total. The number of ether oxygens (including phenoxy) is 1. The first-order valence-corrected chi connectivity index (χ1v) is 11.5. The van der Waals surface area contributed by atoms with E-state index in [1.54, 1.807) is 44.0 Å². The fourth-order valence-electron chi connectivity index (χ4n) is 4.27. The summed E-state index contributed by atoms with van der Waals surface area (Å²) in [7, 11) is 4.98. The number of para-hydroxylation sites is 1. The maximum absolute atomic E-state index is 13.5. The predicted octanol–water partition coefficient (Wildman–Crippen LogP) is 4.53. The molecule has 35 heavy (non-hydrogen) atoms. The van der Waals surface area contributed by atoms with Gasteiger partial charge in [-0.3, -0.25) is 9.59 Å². The second-order valence-electron chi connectivity index (χ2n) is 9.07. The normalized spacial score (nSPS) is 11.1. The van der Waals surface area contributed by atoms with E-state index in [1.807, 2.05) is 42.6 Å². The van der Waals surface area contributed by atoms with Gasteiger partial charge in [-0.05, 0) is 52.8 Å². The van der Waals surface area contributed by atoms with Crippen molar-refractivity contribution < 1.29 is 9.53 Å². The van der Waals surface area contributed by atoms with Crippen LogP contribution in [0, 0.1) is 0 Å². The van der Waals surface area contributed by atoms with Gasteiger partial charge < -0.3 is 19.9 Å². The molecule has 180 valence electrons. The van der Waals surface area contributed by atoms with Crippen LogP contribution in [0.2, 0.25) is 0 Å². The van der Waals surface area contributed by atoms with Crippen LogP contribution in [0.1, 0.15) is 41.5 Å². The van der Waals surface area contributed by atoms with E-state index in [0.717, 1.165) is 22.1 Å². The monoisotopic (exact) mass is 470 g/mol. The van der Waals surface area contributed by atoms with E-state index in [9.17, 15) is 9.59 Å². The van der Waals surface area contributed by atoms with Crippen molar-refractivity contribution in [2.24, 2.45) is 0 Å². The third kappa shape index (κ3) is 4.62. The smallest absolute Gasteiger partial charge is 0.271 e. The van der Waals surface area contributed by atoms with Crippen LogP contribution >= 0.6 is 0 Å². The summed E-state index contributed by atoms with van der Waals surface area (Å²) in [5.74, 6) is 0.617. The number of fused-ring (bicyclic) bond motifs is 1. The molecule has 4 rings (SSSR count). The number of hydrogen-bond acceptors (Lipinski definition) is 5. The molecular formula is C28H30N4O3. The number of hydrogen-bond donors (Lipinski definition) is 1. The lowest BCUT2D eigenvalue weighted by atomic mass is 9.94. The van der Waals surface area contributed by atoms with Crippen LogP contribution in [0.4, 0.5) is 5.69 Å². The third-order valence-electron chi connectivity index (χ3n) is 6.06. The first-order chi connectivity index (χ1) is 16.7. The topological polar surface area (TPSA) is 90.4 Å². The molecule has 0 saturated heterocycles. The molecule has 0 aliphatic heterocycles. The number of nitrogens with zero attached hydrogens (tertiary/aromatic N) is 3. The van der Waals surface area contributed by atoms with E-state index in [-0.39, 0.29) is 23.9 Å². The zero-order valence-electron chi connectivity index (χ0n) is 20.7. The van der Waals surface area contributed by atoms with Crippen molar-refractivity contribution in [2.75, 3.05) is 26.9 Å². The molecule has 2 heterocycles. The number of amides is 1. The molecule has 1 amide bonds. The zero-order valence-corrected chi connectivity index (χ0v) is 20.7. The molecule has 0 fully saturated rings. The minimum Gasteiger partial charge on any atom is -0.494 e. The molecule has 0 radical (unpaired) electrons. The zero-order chi connectivity index (χ0) is 25.3. The summed E-state index contributed by atoms with van der Waals surface area (Å²) in [6, 6.07) is 16.8. The first-order valence-electron chi connectivity index (χ1n) is 11.5. The average Bonchev–Trinajstić information content (AvgIpc) is 2.84. The summed E-state index contributed by atoms with van der Waals surface area (Å²) in [6.07, 6.45) is 1.90. The Bertz CT molecular complexity index is 1470. The first kappa shape index (κ1) is 24.0. The van der Waals surface area contributed by atoms with Crippen LogP contribution in [0.15, 0.2) is 65.6 Å². The maximum atomic E-state index is 13.5. The van der Waals surface area contributed by atoms with Crippen molar-refractivity contribution in [3.8, 4) is 16.9 Å². The summed E-state index contributed by atoms with van der Waals surface area (Å²) in [4.78, 5) is 31.8. The second-order valence-corrected chi connectivity index (χ2v) is 9.07. The van der Waals surface area contributed by atoms with Gasteiger partial charge in [-0.15, -0.1) is 0 Å². The Hall–Kier alpha value is -4.13. The number of pyridine rings is 2. The van der Waals surface area contributed by atoms with E-state index in [2.05, 4.69) is 18.8 Å². The number of carbonyl (C=O) groups excluding carboxylic acids is 1. The van der Waals surface area contributed by atoms with Gasteiger partial charge in [0.15, 0.2) is 0 Å². The SMILES string of the molecule is COc1c(N)cccc1-c1ccc2c(=O)n(Cc3cccc(C(=O)N(C)C)n3)cc(C(C)C)c2c1. The van der Waals surface area contributed by atoms with Crippen LogP contribution in [0.3, 0.4) is 0 Å². The van der Waals surface area contributed by atoms with Gasteiger partial charge in [0.2, 0.25) is 0 Å². The lowest BCUT2D eigenvalue weighted by molar-refractivity contribution is 0.0821. The minimum atomic E-state index is -0.176. The van der Waals surface area contributed by atoms with Gasteiger partial charge in [-0.25, -0.2) is 4.98 Å². The van der Waals surface area contributed by atoms with Crippen LogP contribution in [-0.2, 0) is 6.54 Å². The molecule has 0 bridgehead atoms. The van der Waals surface area contributed by atoms with Crippen molar-refractivity contribution in [3.63, 3.8) is 0 Å². The molecule has 0 atom stereocenters. The van der Waals surface area contributed by atoms with E-state index in [1.165, 1.54) is 4.90 Å². The van der Waals surface area contributed by atoms with Crippen molar-refractivity contribution >= 4 is 22.4 Å². The van der Waals surface area contributed by atoms with E-state index in [0.29, 0.717) is 28.2 Å². The number of anilines is 1. The molecular weight excluding hydrogens is 440 g/mol. The van der Waals surface area contributed by atoms with E-state index in [4.69, 9.17) is 10.5 Å². The molecule has 4 aromatic rings. The lowest BCUT2D eigenvalue weighted by Crippen LogP contribution is -2.25. The Labute approximate surface area is 204 Å². The standard InChI is InChI=1S/C28H30N4O3/c1-17(2)23-16-32(15-19-8-6-11-25(30-19)28(34)31(3)4)27(33)21-13-12-18(14-22(21)23)20-9-7-10-24(29)26(20)35-5/h6-14,16-17H,15,29H2,1-5H3. The molecule has 2 aromatic carbocycles. The van der Waals surface area contributed by atoms with Crippen LogP contribution in [-0.4, -0.2) is 41.6 Å². The Morgan fingerprint density at radius 1 is 1.09 bits per heavy atom. The highest BCUT2D eigenvalue weighted by atomic mass is 16.5. The minimum absolute atomic E-state index is 0.110. The summed E-state index contributed by atoms with van der Waals surface area (Å²) < 4.78 is 7.22. The predicted molar refractivity (Wildman–Crippen MR) is 140 cm³/mol. The molecule has 2 aromatic heterocycles. The lowest BCUT2D eigenvalue weighted by Gasteiger charge is -2.17.